The number of hydrogen-bond acceptors (Lipinski definition) is 2. The Bertz CT molecular complexity index is 981. The molecule has 3 rings (SSSR count). The van der Waals surface area contributed by atoms with E-state index in [1.807, 2.05) is 24.5 Å². The third-order valence-electron chi connectivity index (χ3n) is 4.38. The minimum Gasteiger partial charge on any atom is -0.484 e. The van der Waals surface area contributed by atoms with Gasteiger partial charge in [-0.2, -0.15) is 0 Å². The number of aryl methyl sites for hydroxylation is 1. The molecule has 0 aliphatic rings. The van der Waals surface area contributed by atoms with E-state index in [0.29, 0.717) is 27.9 Å². The number of hydrogen-bond donors (Lipinski definition) is 0. The first-order chi connectivity index (χ1) is 12.8. The van der Waals surface area contributed by atoms with Crippen LogP contribution in [0.25, 0.3) is 0 Å². The second kappa shape index (κ2) is 8.15. The number of halogens is 3. The van der Waals surface area contributed by atoms with E-state index in [9.17, 15) is 9.18 Å². The van der Waals surface area contributed by atoms with Gasteiger partial charge in [-0.15, -0.1) is 0 Å². The molecule has 0 N–H and O–H groups in total. The van der Waals surface area contributed by atoms with Crippen LogP contribution in [0.5, 0.6) is 5.75 Å². The molecular formula is C21H18Cl2FNO2. The Morgan fingerprint density at radius 3 is 2.44 bits per heavy atom. The van der Waals surface area contributed by atoms with Gasteiger partial charge in [0.2, 0.25) is 5.78 Å². The zero-order valence-electron chi connectivity index (χ0n) is 14.9. The second-order valence-electron chi connectivity index (χ2n) is 6.28. The molecule has 6 heteroatoms. The predicted molar refractivity (Wildman–Crippen MR) is 106 cm³/mol. The maximum atomic E-state index is 13.1. The molecule has 0 spiro atoms. The third-order valence-corrected chi connectivity index (χ3v) is 4.91. The van der Waals surface area contributed by atoms with E-state index in [4.69, 9.17) is 27.9 Å². The van der Waals surface area contributed by atoms with Crippen LogP contribution in [0.15, 0.2) is 48.5 Å². The van der Waals surface area contributed by atoms with Crippen molar-refractivity contribution in [3.05, 3.63) is 86.9 Å². The lowest BCUT2D eigenvalue weighted by Gasteiger charge is -2.11. The van der Waals surface area contributed by atoms with Crippen LogP contribution in [-0.2, 0) is 6.54 Å². The summed E-state index contributed by atoms with van der Waals surface area (Å²) in [6, 6.07) is 13.0. The molecule has 3 aromatic rings. The largest absolute Gasteiger partial charge is 0.484 e. The summed E-state index contributed by atoms with van der Waals surface area (Å²) in [6.45, 7) is 4.26. The zero-order valence-corrected chi connectivity index (χ0v) is 16.4. The lowest BCUT2D eigenvalue weighted by atomic mass is 10.1. The molecule has 1 heterocycles. The number of carbonyl (C=O) groups is 1. The Balaban J connectivity index is 1.74. The summed E-state index contributed by atoms with van der Waals surface area (Å²) in [5.41, 5.74) is 3.35. The Morgan fingerprint density at radius 2 is 1.78 bits per heavy atom. The molecule has 1 aromatic heterocycles. The average Bonchev–Trinajstić information content (AvgIpc) is 2.91. The summed E-state index contributed by atoms with van der Waals surface area (Å²) < 4.78 is 20.7. The van der Waals surface area contributed by atoms with Crippen LogP contribution in [0.2, 0.25) is 10.0 Å². The fourth-order valence-electron chi connectivity index (χ4n) is 2.91. The van der Waals surface area contributed by atoms with Gasteiger partial charge in [0.25, 0.3) is 0 Å². The fraction of sp³-hybridized carbons (Fsp3) is 0.190. The van der Waals surface area contributed by atoms with Crippen molar-refractivity contribution in [3.8, 4) is 5.75 Å². The SMILES string of the molecule is Cc1cc(C(=O)COc2ccc(Cl)cc2Cl)c(C)n1Cc1ccc(F)cc1. The van der Waals surface area contributed by atoms with Gasteiger partial charge in [0.05, 0.1) is 5.02 Å². The van der Waals surface area contributed by atoms with Gasteiger partial charge in [0.15, 0.2) is 6.61 Å². The molecule has 27 heavy (non-hydrogen) atoms. The zero-order chi connectivity index (χ0) is 19.6. The number of rotatable bonds is 6. The Labute approximate surface area is 167 Å². The maximum Gasteiger partial charge on any atom is 0.202 e. The molecule has 0 fully saturated rings. The van der Waals surface area contributed by atoms with Gasteiger partial charge in [-0.25, -0.2) is 4.39 Å². The molecule has 2 aromatic carbocycles. The molecule has 0 saturated carbocycles. The number of carbonyl (C=O) groups excluding carboxylic acids is 1. The van der Waals surface area contributed by atoms with Crippen LogP contribution in [-0.4, -0.2) is 17.0 Å². The number of aromatic nitrogens is 1. The number of Topliss-reactive ketones (excluding diaryl/α,β-unsaturated/α-hetero) is 1. The summed E-state index contributed by atoms with van der Waals surface area (Å²) in [4.78, 5) is 12.6. The molecule has 0 amide bonds. The standard InChI is InChI=1S/C21H18Cl2FNO2/c1-13-9-18(14(2)25(13)11-15-3-6-17(24)7-4-15)20(26)12-27-21-8-5-16(22)10-19(21)23/h3-10H,11-12H2,1-2H3. The highest BCUT2D eigenvalue weighted by Gasteiger charge is 2.17. The van der Waals surface area contributed by atoms with Gasteiger partial charge >= 0.3 is 0 Å². The first-order valence-corrected chi connectivity index (χ1v) is 9.13. The fourth-order valence-corrected chi connectivity index (χ4v) is 3.38. The molecule has 0 saturated heterocycles. The van der Waals surface area contributed by atoms with E-state index in [0.717, 1.165) is 17.0 Å². The Morgan fingerprint density at radius 1 is 1.07 bits per heavy atom. The lowest BCUT2D eigenvalue weighted by molar-refractivity contribution is 0.0921. The van der Waals surface area contributed by atoms with E-state index in [2.05, 4.69) is 0 Å². The summed E-state index contributed by atoms with van der Waals surface area (Å²) >= 11 is 11.9. The van der Waals surface area contributed by atoms with E-state index in [1.54, 1.807) is 30.3 Å². The minimum absolute atomic E-state index is 0.123. The van der Waals surface area contributed by atoms with Crippen LogP contribution in [0.3, 0.4) is 0 Å². The monoisotopic (exact) mass is 405 g/mol. The number of nitrogens with zero attached hydrogens (tertiary/aromatic N) is 1. The highest BCUT2D eigenvalue weighted by atomic mass is 35.5. The van der Waals surface area contributed by atoms with Crippen molar-refractivity contribution in [2.45, 2.75) is 20.4 Å². The van der Waals surface area contributed by atoms with Crippen LogP contribution in [0.1, 0.15) is 27.3 Å². The molecule has 0 radical (unpaired) electrons. The predicted octanol–water partition coefficient (Wildman–Crippen LogP) is 5.86. The average molecular weight is 406 g/mol. The molecule has 3 nitrogen and oxygen atoms in total. The summed E-state index contributed by atoms with van der Waals surface area (Å²) in [6.07, 6.45) is 0. The van der Waals surface area contributed by atoms with Gasteiger partial charge in [-0.05, 0) is 55.8 Å². The second-order valence-corrected chi connectivity index (χ2v) is 7.13. The van der Waals surface area contributed by atoms with Crippen molar-refractivity contribution in [2.24, 2.45) is 0 Å². The van der Waals surface area contributed by atoms with Gasteiger partial charge in [-0.3, -0.25) is 4.79 Å². The normalized spacial score (nSPS) is 10.9. The van der Waals surface area contributed by atoms with Crippen molar-refractivity contribution in [1.29, 1.82) is 0 Å². The van der Waals surface area contributed by atoms with E-state index in [1.165, 1.54) is 12.1 Å². The Kier molecular flexibility index (Phi) is 5.88. The molecule has 0 bridgehead atoms. The maximum absolute atomic E-state index is 13.1. The van der Waals surface area contributed by atoms with Gasteiger partial charge in [-0.1, -0.05) is 35.3 Å². The van der Waals surface area contributed by atoms with Crippen molar-refractivity contribution in [2.75, 3.05) is 6.61 Å². The first-order valence-electron chi connectivity index (χ1n) is 8.37. The minimum atomic E-state index is -0.270. The number of benzene rings is 2. The highest BCUT2D eigenvalue weighted by Crippen LogP contribution is 2.28. The summed E-state index contributed by atoms with van der Waals surface area (Å²) in [5.74, 6) is 0.00239. The van der Waals surface area contributed by atoms with E-state index in [-0.39, 0.29) is 18.2 Å². The van der Waals surface area contributed by atoms with Gasteiger partial charge in [0.1, 0.15) is 11.6 Å². The lowest BCUT2D eigenvalue weighted by Crippen LogP contribution is -2.13. The highest BCUT2D eigenvalue weighted by molar-refractivity contribution is 6.35. The first kappa shape index (κ1) is 19.5. The molecule has 140 valence electrons. The molecular weight excluding hydrogens is 388 g/mol. The van der Waals surface area contributed by atoms with Crippen LogP contribution in [0.4, 0.5) is 4.39 Å². The molecule has 0 aliphatic carbocycles. The quantitative estimate of drug-likeness (QED) is 0.480. The van der Waals surface area contributed by atoms with Crippen molar-refractivity contribution in [3.63, 3.8) is 0 Å². The summed E-state index contributed by atoms with van der Waals surface area (Å²) in [7, 11) is 0. The third kappa shape index (κ3) is 4.52. The van der Waals surface area contributed by atoms with Crippen LogP contribution >= 0.6 is 23.2 Å². The molecule has 0 aliphatic heterocycles. The van der Waals surface area contributed by atoms with Crippen LogP contribution < -0.4 is 4.74 Å². The topological polar surface area (TPSA) is 31.2 Å². The van der Waals surface area contributed by atoms with Crippen molar-refractivity contribution < 1.29 is 13.9 Å². The molecule has 0 atom stereocenters. The number of ether oxygens (including phenoxy) is 1. The smallest absolute Gasteiger partial charge is 0.202 e. The summed E-state index contributed by atoms with van der Waals surface area (Å²) in [5, 5.41) is 0.861. The van der Waals surface area contributed by atoms with Gasteiger partial charge in [0, 0.05) is 28.5 Å². The van der Waals surface area contributed by atoms with Crippen LogP contribution in [0, 0.1) is 19.7 Å². The van der Waals surface area contributed by atoms with Gasteiger partial charge < -0.3 is 9.30 Å². The number of ketones is 1. The van der Waals surface area contributed by atoms with E-state index < -0.39 is 0 Å². The van der Waals surface area contributed by atoms with Crippen molar-refractivity contribution in [1.82, 2.24) is 4.57 Å². The van der Waals surface area contributed by atoms with E-state index >= 15 is 0 Å². The Hall–Kier alpha value is -2.30. The molecule has 0 unspecified atom stereocenters. The van der Waals surface area contributed by atoms with Crippen molar-refractivity contribution >= 4 is 29.0 Å².